The molecule has 0 aliphatic carbocycles. The summed E-state index contributed by atoms with van der Waals surface area (Å²) in [6, 6.07) is 10.6. The van der Waals surface area contributed by atoms with Crippen molar-refractivity contribution < 1.29 is 9.47 Å². The molecule has 4 heteroatoms. The van der Waals surface area contributed by atoms with Gasteiger partial charge in [0.1, 0.15) is 0 Å². The van der Waals surface area contributed by atoms with E-state index in [1.807, 2.05) is 37.7 Å². The Morgan fingerprint density at radius 2 is 1.76 bits per heavy atom. The van der Waals surface area contributed by atoms with Gasteiger partial charge in [0, 0.05) is 24.7 Å². The summed E-state index contributed by atoms with van der Waals surface area (Å²) < 4.78 is 10.5. The minimum Gasteiger partial charge on any atom is -0.352 e. The Bertz CT molecular complexity index is 447. The summed E-state index contributed by atoms with van der Waals surface area (Å²) in [7, 11) is 3.28. The highest BCUT2D eigenvalue weighted by molar-refractivity contribution is 7.99. The van der Waals surface area contributed by atoms with Gasteiger partial charge in [-0.1, -0.05) is 18.6 Å². The van der Waals surface area contributed by atoms with Crippen molar-refractivity contribution in [2.45, 2.75) is 44.3 Å². The minimum atomic E-state index is -0.294. The zero-order chi connectivity index (χ0) is 15.7. The van der Waals surface area contributed by atoms with E-state index < -0.39 is 0 Å². The molecule has 0 radical (unpaired) electrons. The first-order chi connectivity index (χ1) is 10.0. The summed E-state index contributed by atoms with van der Waals surface area (Å²) in [4.78, 5) is 1.25. The van der Waals surface area contributed by atoms with Crippen LogP contribution in [0.5, 0.6) is 0 Å². The van der Waals surface area contributed by atoms with E-state index in [-0.39, 0.29) is 11.7 Å². The zero-order valence-electron chi connectivity index (χ0n) is 13.4. The van der Waals surface area contributed by atoms with Crippen LogP contribution in [-0.4, -0.2) is 20.0 Å². The maximum absolute atomic E-state index is 8.96. The zero-order valence-corrected chi connectivity index (χ0v) is 14.2. The van der Waals surface area contributed by atoms with Crippen LogP contribution in [-0.2, 0) is 9.47 Å². The Morgan fingerprint density at radius 3 is 2.29 bits per heavy atom. The second-order valence-electron chi connectivity index (χ2n) is 5.67. The van der Waals surface area contributed by atoms with Gasteiger partial charge in [-0.2, -0.15) is 5.26 Å². The predicted octanol–water partition coefficient (Wildman–Crippen LogP) is 4.79. The Kier molecular flexibility index (Phi) is 7.81. The molecular weight excluding hydrogens is 282 g/mol. The third kappa shape index (κ3) is 6.52. The second-order valence-corrected chi connectivity index (χ2v) is 6.84. The van der Waals surface area contributed by atoms with Crippen LogP contribution >= 0.6 is 11.8 Å². The molecule has 1 rings (SSSR count). The molecule has 0 amide bonds. The number of nitriles is 1. The molecule has 1 aromatic carbocycles. The van der Waals surface area contributed by atoms with Gasteiger partial charge in [-0.15, -0.1) is 11.8 Å². The van der Waals surface area contributed by atoms with Gasteiger partial charge in [-0.25, -0.2) is 0 Å². The lowest BCUT2D eigenvalue weighted by Crippen LogP contribution is -2.07. The van der Waals surface area contributed by atoms with Crippen molar-refractivity contribution in [2.75, 3.05) is 20.0 Å². The molecule has 0 heterocycles. The molecular formula is C17H25NO2S. The molecule has 0 saturated heterocycles. The summed E-state index contributed by atoms with van der Waals surface area (Å²) in [5.41, 5.74) is 0.835. The Labute approximate surface area is 132 Å². The fourth-order valence-electron chi connectivity index (χ4n) is 2.00. The van der Waals surface area contributed by atoms with Crippen LogP contribution in [0, 0.1) is 16.7 Å². The van der Waals surface area contributed by atoms with Crippen LogP contribution < -0.4 is 0 Å². The lowest BCUT2D eigenvalue weighted by molar-refractivity contribution is -0.106. The van der Waals surface area contributed by atoms with E-state index in [1.165, 1.54) is 4.90 Å². The molecule has 0 aliphatic rings. The Hall–Kier alpha value is -1.02. The lowest BCUT2D eigenvalue weighted by atomic mass is 9.89. The molecule has 0 aromatic heterocycles. The second kappa shape index (κ2) is 9.09. The number of hydrogen-bond donors (Lipinski definition) is 0. The number of ether oxygens (including phenoxy) is 2. The standard InChI is InChI=1S/C17H25NO2S/c1-17(2,13-18)11-5-6-12-21-15-9-7-14(8-10-15)16(19-3)20-4/h7-10,16H,5-6,11-12H2,1-4H3. The summed E-state index contributed by atoms with van der Waals surface area (Å²) in [5.74, 6) is 1.08. The van der Waals surface area contributed by atoms with Crippen molar-refractivity contribution in [3.63, 3.8) is 0 Å². The van der Waals surface area contributed by atoms with E-state index in [2.05, 4.69) is 18.2 Å². The van der Waals surface area contributed by atoms with Crippen LogP contribution in [0.1, 0.15) is 45.0 Å². The van der Waals surface area contributed by atoms with Crippen molar-refractivity contribution in [3.8, 4) is 6.07 Å². The lowest BCUT2D eigenvalue weighted by Gasteiger charge is -2.14. The van der Waals surface area contributed by atoms with Gasteiger partial charge in [-0.3, -0.25) is 0 Å². The molecule has 0 aliphatic heterocycles. The molecule has 0 bridgehead atoms. The van der Waals surface area contributed by atoms with Crippen LogP contribution in [0.3, 0.4) is 0 Å². The number of hydrogen-bond acceptors (Lipinski definition) is 4. The maximum atomic E-state index is 8.96. The first-order valence-corrected chi connectivity index (χ1v) is 8.20. The molecule has 0 spiro atoms. The third-order valence-electron chi connectivity index (χ3n) is 3.35. The predicted molar refractivity (Wildman–Crippen MR) is 87.2 cm³/mol. The number of nitrogens with zero attached hydrogens (tertiary/aromatic N) is 1. The van der Waals surface area contributed by atoms with Gasteiger partial charge in [0.2, 0.25) is 0 Å². The number of methoxy groups -OCH3 is 2. The first kappa shape index (κ1) is 18.0. The smallest absolute Gasteiger partial charge is 0.183 e. The minimum absolute atomic E-state index is 0.193. The van der Waals surface area contributed by atoms with E-state index in [1.54, 1.807) is 14.2 Å². The monoisotopic (exact) mass is 307 g/mol. The number of benzene rings is 1. The maximum Gasteiger partial charge on any atom is 0.183 e. The molecule has 116 valence electrons. The van der Waals surface area contributed by atoms with Crippen molar-refractivity contribution in [1.29, 1.82) is 5.26 Å². The molecule has 0 atom stereocenters. The van der Waals surface area contributed by atoms with Crippen LogP contribution in [0.4, 0.5) is 0 Å². The normalized spacial score (nSPS) is 11.6. The van der Waals surface area contributed by atoms with Crippen molar-refractivity contribution in [3.05, 3.63) is 29.8 Å². The summed E-state index contributed by atoms with van der Waals surface area (Å²) in [6.45, 7) is 4.00. The first-order valence-electron chi connectivity index (χ1n) is 7.22. The number of rotatable bonds is 9. The summed E-state index contributed by atoms with van der Waals surface area (Å²) in [6.07, 6.45) is 2.90. The van der Waals surface area contributed by atoms with Gasteiger partial charge >= 0.3 is 0 Å². The van der Waals surface area contributed by atoms with Crippen molar-refractivity contribution >= 4 is 11.8 Å². The Morgan fingerprint density at radius 1 is 1.14 bits per heavy atom. The topological polar surface area (TPSA) is 42.2 Å². The molecule has 1 aromatic rings. The molecule has 0 fully saturated rings. The SMILES string of the molecule is COC(OC)c1ccc(SCCCCC(C)(C)C#N)cc1. The van der Waals surface area contributed by atoms with E-state index in [0.717, 1.165) is 30.6 Å². The fourth-order valence-corrected chi connectivity index (χ4v) is 2.92. The highest BCUT2D eigenvalue weighted by Crippen LogP contribution is 2.26. The average Bonchev–Trinajstić information content (AvgIpc) is 2.49. The van der Waals surface area contributed by atoms with Gasteiger partial charge in [0.15, 0.2) is 6.29 Å². The largest absolute Gasteiger partial charge is 0.352 e. The summed E-state index contributed by atoms with van der Waals surface area (Å²) >= 11 is 1.85. The fraction of sp³-hybridized carbons (Fsp3) is 0.588. The van der Waals surface area contributed by atoms with Gasteiger partial charge < -0.3 is 9.47 Å². The van der Waals surface area contributed by atoms with Gasteiger partial charge in [-0.05, 0) is 44.6 Å². The quantitative estimate of drug-likeness (QED) is 0.374. The summed E-state index contributed by atoms with van der Waals surface area (Å²) in [5, 5.41) is 8.96. The van der Waals surface area contributed by atoms with Crippen LogP contribution in [0.2, 0.25) is 0 Å². The van der Waals surface area contributed by atoms with Crippen molar-refractivity contribution in [1.82, 2.24) is 0 Å². The number of unbranched alkanes of at least 4 members (excludes halogenated alkanes) is 1. The van der Waals surface area contributed by atoms with E-state index in [9.17, 15) is 0 Å². The van der Waals surface area contributed by atoms with E-state index >= 15 is 0 Å². The Balaban J connectivity index is 2.32. The highest BCUT2D eigenvalue weighted by atomic mass is 32.2. The van der Waals surface area contributed by atoms with Crippen LogP contribution in [0.15, 0.2) is 29.2 Å². The van der Waals surface area contributed by atoms with Gasteiger partial charge in [0.25, 0.3) is 0 Å². The van der Waals surface area contributed by atoms with Crippen molar-refractivity contribution in [2.24, 2.45) is 5.41 Å². The van der Waals surface area contributed by atoms with Gasteiger partial charge in [0.05, 0.1) is 11.5 Å². The third-order valence-corrected chi connectivity index (χ3v) is 4.45. The highest BCUT2D eigenvalue weighted by Gasteiger charge is 2.15. The number of thioether (sulfide) groups is 1. The van der Waals surface area contributed by atoms with Crippen LogP contribution in [0.25, 0.3) is 0 Å². The van der Waals surface area contributed by atoms with E-state index in [0.29, 0.717) is 0 Å². The molecule has 21 heavy (non-hydrogen) atoms. The van der Waals surface area contributed by atoms with E-state index in [4.69, 9.17) is 14.7 Å². The molecule has 0 saturated carbocycles. The molecule has 3 nitrogen and oxygen atoms in total. The molecule has 0 unspecified atom stereocenters. The average molecular weight is 307 g/mol. The molecule has 0 N–H and O–H groups in total.